The van der Waals surface area contributed by atoms with Gasteiger partial charge in [0.1, 0.15) is 18.8 Å². The molecular formula is C23H25Cl2N3O5. The smallest absolute Gasteiger partial charge is 0.254 e. The normalized spacial score (nSPS) is 13.4. The minimum atomic E-state index is -0.335. The van der Waals surface area contributed by atoms with Gasteiger partial charge in [-0.1, -0.05) is 35.3 Å². The van der Waals surface area contributed by atoms with E-state index in [1.807, 2.05) is 0 Å². The summed E-state index contributed by atoms with van der Waals surface area (Å²) >= 11 is 12.1. The molecule has 0 radical (unpaired) electrons. The molecule has 3 amide bonds. The highest BCUT2D eigenvalue weighted by molar-refractivity contribution is 6.32. The summed E-state index contributed by atoms with van der Waals surface area (Å²) in [5, 5.41) is 0.907. The highest BCUT2D eigenvalue weighted by Crippen LogP contribution is 2.26. The van der Waals surface area contributed by atoms with Gasteiger partial charge in [0.05, 0.1) is 25.4 Å². The zero-order valence-electron chi connectivity index (χ0n) is 18.4. The van der Waals surface area contributed by atoms with Crippen LogP contribution in [0, 0.1) is 0 Å². The van der Waals surface area contributed by atoms with E-state index in [0.717, 1.165) is 5.56 Å². The van der Waals surface area contributed by atoms with Crippen LogP contribution in [0.5, 0.6) is 5.75 Å². The molecule has 2 aromatic carbocycles. The molecule has 33 heavy (non-hydrogen) atoms. The van der Waals surface area contributed by atoms with Crippen molar-refractivity contribution in [1.82, 2.24) is 14.7 Å². The van der Waals surface area contributed by atoms with E-state index in [9.17, 15) is 14.4 Å². The van der Waals surface area contributed by atoms with Crippen molar-refractivity contribution in [3.63, 3.8) is 0 Å². The lowest BCUT2D eigenvalue weighted by Crippen LogP contribution is -2.44. The summed E-state index contributed by atoms with van der Waals surface area (Å²) in [5.74, 6) is -0.325. The second-order valence-corrected chi connectivity index (χ2v) is 8.37. The fourth-order valence-corrected chi connectivity index (χ4v) is 3.83. The Hall–Kier alpha value is -2.81. The highest BCUT2D eigenvalue weighted by Gasteiger charge is 2.32. The molecule has 8 nitrogen and oxygen atoms in total. The van der Waals surface area contributed by atoms with Gasteiger partial charge < -0.3 is 24.2 Å². The Morgan fingerprint density at radius 2 is 1.91 bits per heavy atom. The van der Waals surface area contributed by atoms with Crippen LogP contribution in [0.25, 0.3) is 0 Å². The fourth-order valence-electron chi connectivity index (χ4n) is 3.45. The third kappa shape index (κ3) is 6.37. The van der Waals surface area contributed by atoms with Gasteiger partial charge in [-0.3, -0.25) is 14.4 Å². The number of ether oxygens (including phenoxy) is 2. The zero-order valence-corrected chi connectivity index (χ0v) is 19.9. The first-order chi connectivity index (χ1) is 15.8. The third-order valence-corrected chi connectivity index (χ3v) is 5.76. The molecule has 0 spiro atoms. The van der Waals surface area contributed by atoms with Crippen molar-refractivity contribution < 1.29 is 23.9 Å². The number of halogens is 2. The number of amides is 3. The molecule has 3 rings (SSSR count). The summed E-state index contributed by atoms with van der Waals surface area (Å²) in [6.07, 6.45) is 0. The number of methoxy groups -OCH3 is 2. The fraction of sp³-hybridized carbons (Fsp3) is 0.348. The van der Waals surface area contributed by atoms with Crippen LogP contribution in [0.2, 0.25) is 10.0 Å². The van der Waals surface area contributed by atoms with E-state index in [4.69, 9.17) is 32.7 Å². The van der Waals surface area contributed by atoms with Gasteiger partial charge >= 0.3 is 0 Å². The van der Waals surface area contributed by atoms with E-state index in [1.165, 1.54) is 24.0 Å². The Labute approximate surface area is 202 Å². The van der Waals surface area contributed by atoms with Crippen molar-refractivity contribution in [2.75, 3.05) is 47.1 Å². The molecule has 1 heterocycles. The summed E-state index contributed by atoms with van der Waals surface area (Å²) < 4.78 is 10.3. The molecule has 10 heteroatoms. The van der Waals surface area contributed by atoms with E-state index in [0.29, 0.717) is 27.9 Å². The topological polar surface area (TPSA) is 79.4 Å². The quantitative estimate of drug-likeness (QED) is 0.536. The maximum absolute atomic E-state index is 13.0. The Bertz CT molecular complexity index is 1030. The second kappa shape index (κ2) is 11.4. The lowest BCUT2D eigenvalue weighted by molar-refractivity contribution is -0.132. The molecule has 0 unspecified atom stereocenters. The first-order valence-electron chi connectivity index (χ1n) is 10.2. The average molecular weight is 494 g/mol. The van der Waals surface area contributed by atoms with Gasteiger partial charge in [0.2, 0.25) is 11.8 Å². The Kier molecular flexibility index (Phi) is 8.55. The van der Waals surface area contributed by atoms with Gasteiger partial charge in [0.15, 0.2) is 0 Å². The van der Waals surface area contributed by atoms with Crippen LogP contribution >= 0.6 is 23.2 Å². The van der Waals surface area contributed by atoms with Crippen LogP contribution in [0.4, 0.5) is 0 Å². The second-order valence-electron chi connectivity index (χ2n) is 7.52. The lowest BCUT2D eigenvalue weighted by Gasteiger charge is -2.25. The number of hydrogen-bond donors (Lipinski definition) is 0. The third-order valence-electron chi connectivity index (χ3n) is 5.21. The summed E-state index contributed by atoms with van der Waals surface area (Å²) in [7, 11) is 3.04. The SMILES string of the molecule is COCCN(CC(=O)N1CC(=O)N(Cc2ccc(Cl)c(OC)c2)C1)C(=O)c1cccc(Cl)c1. The Morgan fingerprint density at radius 1 is 1.12 bits per heavy atom. The number of nitrogens with zero attached hydrogens (tertiary/aromatic N) is 3. The van der Waals surface area contributed by atoms with Crippen molar-refractivity contribution >= 4 is 40.9 Å². The number of benzene rings is 2. The van der Waals surface area contributed by atoms with Crippen LogP contribution in [-0.2, 0) is 20.9 Å². The first-order valence-corrected chi connectivity index (χ1v) is 11.0. The van der Waals surface area contributed by atoms with Crippen LogP contribution in [-0.4, -0.2) is 79.6 Å². The van der Waals surface area contributed by atoms with Crippen molar-refractivity contribution in [1.29, 1.82) is 0 Å². The molecule has 1 aliphatic rings. The standard InChI is InChI=1S/C23H25Cl2N3O5/c1-32-9-8-26(23(31)17-4-3-5-18(24)11-17)13-21(29)28-14-22(30)27(15-28)12-16-6-7-19(25)20(10-16)33-2/h3-7,10-11H,8-9,12-15H2,1-2H3. The van der Waals surface area contributed by atoms with Crippen LogP contribution in [0.1, 0.15) is 15.9 Å². The molecule has 176 valence electrons. The minimum Gasteiger partial charge on any atom is -0.495 e. The molecule has 0 bridgehead atoms. The molecule has 0 atom stereocenters. The molecule has 1 aliphatic heterocycles. The molecule has 0 N–H and O–H groups in total. The van der Waals surface area contributed by atoms with Gasteiger partial charge in [-0.15, -0.1) is 0 Å². The van der Waals surface area contributed by atoms with Crippen LogP contribution in [0.3, 0.4) is 0 Å². The predicted octanol–water partition coefficient (Wildman–Crippen LogP) is 2.92. The minimum absolute atomic E-state index is 0.0486. The average Bonchev–Trinajstić information content (AvgIpc) is 3.17. The number of carbonyl (C=O) groups is 3. The van der Waals surface area contributed by atoms with E-state index in [1.54, 1.807) is 47.4 Å². The van der Waals surface area contributed by atoms with Gasteiger partial charge in [-0.25, -0.2) is 0 Å². The molecule has 2 aromatic rings. The van der Waals surface area contributed by atoms with E-state index >= 15 is 0 Å². The van der Waals surface area contributed by atoms with Gasteiger partial charge in [-0.05, 0) is 35.9 Å². The molecule has 0 aliphatic carbocycles. The van der Waals surface area contributed by atoms with Crippen molar-refractivity contribution in [3.8, 4) is 5.75 Å². The van der Waals surface area contributed by atoms with Gasteiger partial charge in [-0.2, -0.15) is 0 Å². The molecule has 1 saturated heterocycles. The molecule has 0 saturated carbocycles. The van der Waals surface area contributed by atoms with Crippen molar-refractivity contribution in [2.24, 2.45) is 0 Å². The maximum Gasteiger partial charge on any atom is 0.254 e. The lowest BCUT2D eigenvalue weighted by atomic mass is 10.2. The van der Waals surface area contributed by atoms with Crippen molar-refractivity contribution in [2.45, 2.75) is 6.54 Å². The van der Waals surface area contributed by atoms with Crippen LogP contribution < -0.4 is 4.74 Å². The first kappa shape index (κ1) is 24.8. The summed E-state index contributed by atoms with van der Waals surface area (Å²) in [6, 6.07) is 11.8. The highest BCUT2D eigenvalue weighted by atomic mass is 35.5. The molecule has 1 fully saturated rings. The van der Waals surface area contributed by atoms with E-state index in [-0.39, 0.29) is 50.6 Å². The number of carbonyl (C=O) groups excluding carboxylic acids is 3. The number of hydrogen-bond acceptors (Lipinski definition) is 5. The van der Waals surface area contributed by atoms with Gasteiger partial charge in [0, 0.05) is 30.8 Å². The van der Waals surface area contributed by atoms with Gasteiger partial charge in [0.25, 0.3) is 5.91 Å². The summed E-state index contributed by atoms with van der Waals surface area (Å²) in [5.41, 5.74) is 1.21. The van der Waals surface area contributed by atoms with E-state index < -0.39 is 0 Å². The zero-order chi connectivity index (χ0) is 24.0. The van der Waals surface area contributed by atoms with Crippen molar-refractivity contribution in [3.05, 3.63) is 63.6 Å². The largest absolute Gasteiger partial charge is 0.495 e. The summed E-state index contributed by atoms with van der Waals surface area (Å²) in [6.45, 7) is 0.710. The maximum atomic E-state index is 13.0. The molecule has 0 aromatic heterocycles. The number of rotatable bonds is 9. The monoisotopic (exact) mass is 493 g/mol. The Balaban J connectivity index is 1.66. The van der Waals surface area contributed by atoms with E-state index in [2.05, 4.69) is 0 Å². The summed E-state index contributed by atoms with van der Waals surface area (Å²) in [4.78, 5) is 42.8. The van der Waals surface area contributed by atoms with Crippen LogP contribution in [0.15, 0.2) is 42.5 Å². The Morgan fingerprint density at radius 3 is 2.61 bits per heavy atom. The molecular weight excluding hydrogens is 469 g/mol. The predicted molar refractivity (Wildman–Crippen MR) is 124 cm³/mol.